The van der Waals surface area contributed by atoms with Gasteiger partial charge in [-0.05, 0) is 23.8 Å². The van der Waals surface area contributed by atoms with Gasteiger partial charge < -0.3 is 10.1 Å². The van der Waals surface area contributed by atoms with Crippen LogP contribution in [0.4, 0.5) is 13.2 Å². The molecule has 214 valence electrons. The summed E-state index contributed by atoms with van der Waals surface area (Å²) in [5, 5.41) is 21.9. The quantitative estimate of drug-likeness (QED) is 0.342. The molecule has 1 aliphatic heterocycles. The predicted molar refractivity (Wildman–Crippen MR) is 137 cm³/mol. The fourth-order valence-corrected chi connectivity index (χ4v) is 5.69. The van der Waals surface area contributed by atoms with E-state index in [1.54, 1.807) is 41.5 Å². The van der Waals surface area contributed by atoms with Gasteiger partial charge in [0.2, 0.25) is 10.0 Å². The molecule has 5 rings (SSSR count). The molecule has 3 aromatic heterocycles. The summed E-state index contributed by atoms with van der Waals surface area (Å²) in [4.78, 5) is 32.2. The lowest BCUT2D eigenvalue weighted by atomic mass is 10.0. The number of halogens is 3. The maximum atomic E-state index is 13.2. The van der Waals surface area contributed by atoms with Gasteiger partial charge in [-0.15, -0.1) is 0 Å². The molecular formula is C25H22F3N7O5S. The molecule has 0 saturated carbocycles. The van der Waals surface area contributed by atoms with Crippen molar-refractivity contribution in [2.45, 2.75) is 36.4 Å². The third-order valence-electron chi connectivity index (χ3n) is 6.24. The van der Waals surface area contributed by atoms with Gasteiger partial charge in [0.15, 0.2) is 0 Å². The van der Waals surface area contributed by atoms with Crippen LogP contribution in [-0.4, -0.2) is 73.6 Å². The zero-order valence-corrected chi connectivity index (χ0v) is 21.9. The number of carbonyl (C=O) groups is 2. The Balaban J connectivity index is 0.000000493. The number of nitrogens with one attached hydrogen (secondary N) is 1. The number of benzene rings is 1. The highest BCUT2D eigenvalue weighted by atomic mass is 32.2. The first-order valence-corrected chi connectivity index (χ1v) is 13.5. The van der Waals surface area contributed by atoms with Crippen LogP contribution in [0, 0.1) is 11.3 Å². The lowest BCUT2D eigenvalue weighted by Crippen LogP contribution is -2.38. The van der Waals surface area contributed by atoms with Crippen molar-refractivity contribution in [3.8, 4) is 17.3 Å². The van der Waals surface area contributed by atoms with E-state index in [0.29, 0.717) is 16.9 Å². The molecule has 4 aromatic rings. The van der Waals surface area contributed by atoms with E-state index in [0.717, 1.165) is 10.9 Å². The van der Waals surface area contributed by atoms with E-state index in [4.69, 9.17) is 9.90 Å². The largest absolute Gasteiger partial charge is 0.490 e. The zero-order chi connectivity index (χ0) is 29.8. The molecule has 16 heteroatoms. The van der Waals surface area contributed by atoms with Gasteiger partial charge in [-0.1, -0.05) is 12.1 Å². The number of carboxylic acid groups (broad SMARTS) is 1. The number of Topliss-reactive ketones (excluding diaryl/α,β-unsaturated/α-hetero) is 1. The zero-order valence-electron chi connectivity index (χ0n) is 21.1. The number of carbonyl (C=O) groups excluding carboxylic acids is 1. The van der Waals surface area contributed by atoms with Crippen molar-refractivity contribution in [2.75, 3.05) is 13.1 Å². The molecule has 1 saturated heterocycles. The number of carboxylic acids is 1. The molecule has 1 aliphatic rings. The molecule has 1 fully saturated rings. The molecule has 0 radical (unpaired) electrons. The number of nitriles is 1. The standard InChI is InChI=1S/C23H21N7O3S.C2HF3O2/c24-8-4-21(30-14-17(13-28-30)22-20-5-9-25-23(20)27-15-26-22)16-2-1-3-19(12-16)34(32,33)29-10-6-18(31)7-11-29;3-2(4,5)1(6)7/h1-3,5,9,12-15,21H,4,6-7,10-11H2,(H,25,26,27);(H,6,7). The second kappa shape index (κ2) is 11.9. The number of piperidine rings is 1. The van der Waals surface area contributed by atoms with Gasteiger partial charge in [0.1, 0.15) is 17.8 Å². The molecule has 41 heavy (non-hydrogen) atoms. The highest BCUT2D eigenvalue weighted by molar-refractivity contribution is 7.89. The molecule has 2 N–H and O–H groups in total. The summed E-state index contributed by atoms with van der Waals surface area (Å²) in [6.45, 7) is 0.365. The van der Waals surface area contributed by atoms with Crippen LogP contribution in [0.5, 0.6) is 0 Å². The molecule has 0 bridgehead atoms. The summed E-state index contributed by atoms with van der Waals surface area (Å²) in [6, 6.07) is 10.2. The van der Waals surface area contributed by atoms with Crippen LogP contribution in [0.1, 0.15) is 30.9 Å². The smallest absolute Gasteiger partial charge is 0.475 e. The number of H-pyrrole nitrogens is 1. The number of ketones is 1. The van der Waals surface area contributed by atoms with Gasteiger partial charge in [0.05, 0.1) is 35.3 Å². The van der Waals surface area contributed by atoms with Crippen LogP contribution in [0.2, 0.25) is 0 Å². The topological polar surface area (TPSA) is 175 Å². The average molecular weight is 590 g/mol. The Hall–Kier alpha value is -4.62. The number of aromatic nitrogens is 5. The average Bonchev–Trinajstić information content (AvgIpc) is 3.62. The van der Waals surface area contributed by atoms with Crippen LogP contribution in [-0.2, 0) is 19.6 Å². The minimum absolute atomic E-state index is 0.0735. The SMILES string of the molecule is N#CCC(c1cccc(S(=O)(=O)N2CCC(=O)CC2)c1)n1cc(-c2ncnc3[nH]ccc23)cn1.O=C(O)C(F)(F)F. The first-order valence-electron chi connectivity index (χ1n) is 12.0. The van der Waals surface area contributed by atoms with E-state index in [1.165, 1.54) is 16.7 Å². The minimum atomic E-state index is -5.08. The molecule has 4 heterocycles. The van der Waals surface area contributed by atoms with Gasteiger partial charge in [-0.25, -0.2) is 23.2 Å². The van der Waals surface area contributed by atoms with Crippen molar-refractivity contribution in [3.63, 3.8) is 0 Å². The Morgan fingerprint density at radius 3 is 2.56 bits per heavy atom. The first-order chi connectivity index (χ1) is 19.4. The first kappa shape index (κ1) is 29.4. The van der Waals surface area contributed by atoms with E-state index in [9.17, 15) is 31.6 Å². The number of nitrogens with zero attached hydrogens (tertiary/aromatic N) is 6. The normalized spacial score (nSPS) is 15.1. The van der Waals surface area contributed by atoms with Crippen LogP contribution < -0.4 is 0 Å². The van der Waals surface area contributed by atoms with Gasteiger partial charge in [0.25, 0.3) is 0 Å². The summed E-state index contributed by atoms with van der Waals surface area (Å²) >= 11 is 0. The Morgan fingerprint density at radius 2 is 1.90 bits per heavy atom. The summed E-state index contributed by atoms with van der Waals surface area (Å²) in [6.07, 6.45) is 2.20. The monoisotopic (exact) mass is 589 g/mol. The fourth-order valence-electron chi connectivity index (χ4n) is 4.19. The summed E-state index contributed by atoms with van der Waals surface area (Å²) in [5.41, 5.74) is 2.84. The fraction of sp³-hybridized carbons (Fsp3) is 0.280. The van der Waals surface area contributed by atoms with E-state index in [1.807, 2.05) is 6.07 Å². The molecule has 0 amide bonds. The van der Waals surface area contributed by atoms with Gasteiger partial charge in [0, 0.05) is 49.3 Å². The lowest BCUT2D eigenvalue weighted by molar-refractivity contribution is -0.192. The molecule has 1 unspecified atom stereocenters. The second-order valence-corrected chi connectivity index (χ2v) is 10.8. The Kier molecular flexibility index (Phi) is 8.49. The number of rotatable bonds is 6. The summed E-state index contributed by atoms with van der Waals surface area (Å²) in [7, 11) is -3.75. The number of hydrogen-bond donors (Lipinski definition) is 2. The van der Waals surface area contributed by atoms with Gasteiger partial charge in [-0.3, -0.25) is 9.48 Å². The Labute approximate surface area is 231 Å². The summed E-state index contributed by atoms with van der Waals surface area (Å²) < 4.78 is 61.1. The van der Waals surface area contributed by atoms with Crippen LogP contribution >= 0.6 is 0 Å². The maximum absolute atomic E-state index is 13.2. The van der Waals surface area contributed by atoms with Gasteiger partial charge in [-0.2, -0.15) is 27.8 Å². The molecule has 1 atom stereocenters. The van der Waals surface area contributed by atoms with E-state index < -0.39 is 28.2 Å². The molecule has 12 nitrogen and oxygen atoms in total. The highest BCUT2D eigenvalue weighted by Crippen LogP contribution is 2.29. The van der Waals surface area contributed by atoms with Crippen molar-refractivity contribution < 1.29 is 36.3 Å². The van der Waals surface area contributed by atoms with Gasteiger partial charge >= 0.3 is 12.1 Å². The summed E-state index contributed by atoms with van der Waals surface area (Å²) in [5.74, 6) is -2.68. The van der Waals surface area contributed by atoms with Crippen molar-refractivity contribution >= 4 is 32.8 Å². The number of sulfonamides is 1. The van der Waals surface area contributed by atoms with Crippen molar-refractivity contribution in [1.82, 2.24) is 29.0 Å². The van der Waals surface area contributed by atoms with Crippen LogP contribution in [0.3, 0.4) is 0 Å². The van der Waals surface area contributed by atoms with E-state index >= 15 is 0 Å². The Morgan fingerprint density at radius 1 is 1.20 bits per heavy atom. The molecule has 1 aromatic carbocycles. The van der Waals surface area contributed by atoms with Crippen molar-refractivity contribution in [1.29, 1.82) is 5.26 Å². The molecule has 0 aliphatic carbocycles. The third kappa shape index (κ3) is 6.58. The van der Waals surface area contributed by atoms with E-state index in [2.05, 4.69) is 26.1 Å². The maximum Gasteiger partial charge on any atom is 0.490 e. The van der Waals surface area contributed by atoms with Crippen LogP contribution in [0.25, 0.3) is 22.3 Å². The third-order valence-corrected chi connectivity index (χ3v) is 8.13. The second-order valence-electron chi connectivity index (χ2n) is 8.87. The predicted octanol–water partition coefficient (Wildman–Crippen LogP) is 3.31. The van der Waals surface area contributed by atoms with Crippen molar-refractivity contribution in [2.24, 2.45) is 0 Å². The molecular weight excluding hydrogens is 567 g/mol. The Bertz CT molecular complexity index is 1720. The van der Waals surface area contributed by atoms with Crippen molar-refractivity contribution in [3.05, 3.63) is 60.8 Å². The number of aromatic amines is 1. The molecule has 0 spiro atoms. The highest BCUT2D eigenvalue weighted by Gasteiger charge is 2.38. The lowest BCUT2D eigenvalue weighted by Gasteiger charge is -2.25. The van der Waals surface area contributed by atoms with Crippen LogP contribution in [0.15, 0.2) is 60.1 Å². The number of fused-ring (bicyclic) bond motifs is 1. The number of aliphatic carboxylic acids is 1. The number of hydrogen-bond acceptors (Lipinski definition) is 8. The van der Waals surface area contributed by atoms with E-state index in [-0.39, 0.29) is 43.0 Å². The number of alkyl halides is 3. The minimum Gasteiger partial charge on any atom is -0.475 e.